The van der Waals surface area contributed by atoms with Crippen molar-refractivity contribution in [2.45, 2.75) is 50.7 Å². The summed E-state index contributed by atoms with van der Waals surface area (Å²) in [6, 6.07) is 0. The van der Waals surface area contributed by atoms with Gasteiger partial charge in [0.05, 0.1) is 5.69 Å². The lowest BCUT2D eigenvalue weighted by Crippen LogP contribution is -2.63. The Balaban J connectivity index is 1.85. The maximum absolute atomic E-state index is 13.7. The summed E-state index contributed by atoms with van der Waals surface area (Å²) >= 11 is 0. The molecule has 1 saturated heterocycles. The highest BCUT2D eigenvalue weighted by atomic mass is 19.4. The first-order chi connectivity index (χ1) is 11.3. The Morgan fingerprint density at radius 3 is 2.54 bits per heavy atom. The third-order valence-corrected chi connectivity index (χ3v) is 5.34. The molecule has 0 radical (unpaired) electrons. The summed E-state index contributed by atoms with van der Waals surface area (Å²) in [5, 5.41) is 6.62. The van der Waals surface area contributed by atoms with E-state index in [2.05, 4.69) is 10.4 Å². The number of alkyl halides is 3. The first kappa shape index (κ1) is 17.3. The van der Waals surface area contributed by atoms with Crippen molar-refractivity contribution >= 4 is 5.91 Å². The van der Waals surface area contributed by atoms with Crippen LogP contribution in [0, 0.1) is 0 Å². The molecule has 24 heavy (non-hydrogen) atoms. The van der Waals surface area contributed by atoms with Gasteiger partial charge in [-0.3, -0.25) is 9.48 Å². The summed E-state index contributed by atoms with van der Waals surface area (Å²) in [6.07, 6.45) is -2.31. The average Bonchev–Trinajstić information content (AvgIpc) is 3.06. The standard InChI is InChI=1S/C16H23F3N4O/c1-3-23-9-7-15(8-10-23,16(17,18)19)20-14(24)13-11-5-4-6-12(11)21-22(13)2/h3-10H2,1-2H3,(H,20,24). The lowest BCUT2D eigenvalue weighted by Gasteiger charge is -2.43. The summed E-state index contributed by atoms with van der Waals surface area (Å²) < 4.78 is 42.7. The number of amides is 1. The lowest BCUT2D eigenvalue weighted by atomic mass is 9.86. The second-order valence-corrected chi connectivity index (χ2v) is 6.72. The number of carbonyl (C=O) groups excluding carboxylic acids is 1. The minimum Gasteiger partial charge on any atom is -0.336 e. The molecule has 1 fully saturated rings. The van der Waals surface area contributed by atoms with Crippen molar-refractivity contribution in [3.63, 3.8) is 0 Å². The molecule has 0 bridgehead atoms. The number of carbonyl (C=O) groups is 1. The van der Waals surface area contributed by atoms with Crippen LogP contribution < -0.4 is 5.32 Å². The maximum atomic E-state index is 13.7. The highest BCUT2D eigenvalue weighted by molar-refractivity contribution is 5.95. The smallest absolute Gasteiger partial charge is 0.336 e. The summed E-state index contributed by atoms with van der Waals surface area (Å²) in [6.45, 7) is 3.31. The van der Waals surface area contributed by atoms with Crippen LogP contribution in [0.3, 0.4) is 0 Å². The largest absolute Gasteiger partial charge is 0.411 e. The van der Waals surface area contributed by atoms with E-state index in [9.17, 15) is 18.0 Å². The summed E-state index contributed by atoms with van der Waals surface area (Å²) in [4.78, 5) is 14.6. The van der Waals surface area contributed by atoms with Gasteiger partial charge >= 0.3 is 6.18 Å². The number of halogens is 3. The monoisotopic (exact) mass is 344 g/mol. The first-order valence-electron chi connectivity index (χ1n) is 8.44. The molecule has 2 aliphatic rings. The van der Waals surface area contributed by atoms with E-state index in [1.54, 1.807) is 7.05 Å². The number of nitrogens with one attached hydrogen (secondary N) is 1. The van der Waals surface area contributed by atoms with E-state index in [1.165, 1.54) is 4.68 Å². The molecule has 1 aliphatic heterocycles. The predicted octanol–water partition coefficient (Wildman–Crippen LogP) is 2.06. The second kappa shape index (κ2) is 6.06. The zero-order valence-corrected chi connectivity index (χ0v) is 14.0. The van der Waals surface area contributed by atoms with Crippen molar-refractivity contribution in [1.29, 1.82) is 0 Å². The summed E-state index contributed by atoms with van der Waals surface area (Å²) in [5.74, 6) is -0.657. The Kier molecular flexibility index (Phi) is 4.36. The van der Waals surface area contributed by atoms with Crippen LogP contribution >= 0.6 is 0 Å². The summed E-state index contributed by atoms with van der Waals surface area (Å²) in [7, 11) is 1.62. The van der Waals surface area contributed by atoms with Crippen LogP contribution in [-0.2, 0) is 19.9 Å². The first-order valence-corrected chi connectivity index (χ1v) is 8.44. The summed E-state index contributed by atoms with van der Waals surface area (Å²) in [5.41, 5.74) is -0.224. The van der Waals surface area contributed by atoms with E-state index in [1.807, 2.05) is 11.8 Å². The van der Waals surface area contributed by atoms with Gasteiger partial charge in [-0.1, -0.05) is 6.92 Å². The van der Waals surface area contributed by atoms with Crippen LogP contribution in [0.1, 0.15) is 47.9 Å². The van der Waals surface area contributed by atoms with Crippen LogP contribution in [0.25, 0.3) is 0 Å². The van der Waals surface area contributed by atoms with Gasteiger partial charge in [-0.2, -0.15) is 18.3 Å². The number of aryl methyl sites for hydroxylation is 2. The normalized spacial score (nSPS) is 20.9. The zero-order valence-electron chi connectivity index (χ0n) is 14.0. The fourth-order valence-electron chi connectivity index (χ4n) is 3.81. The third kappa shape index (κ3) is 2.81. The fourth-order valence-corrected chi connectivity index (χ4v) is 3.81. The topological polar surface area (TPSA) is 50.2 Å². The average molecular weight is 344 g/mol. The van der Waals surface area contributed by atoms with Gasteiger partial charge in [0.2, 0.25) is 0 Å². The van der Waals surface area contributed by atoms with Gasteiger partial charge in [0.15, 0.2) is 0 Å². The Morgan fingerprint density at radius 1 is 1.29 bits per heavy atom. The molecule has 3 rings (SSSR count). The van der Waals surface area contributed by atoms with E-state index in [0.717, 1.165) is 30.6 Å². The molecular weight excluding hydrogens is 321 g/mol. The van der Waals surface area contributed by atoms with Crippen molar-refractivity contribution in [3.05, 3.63) is 17.0 Å². The molecule has 0 atom stereocenters. The molecule has 0 spiro atoms. The molecule has 134 valence electrons. The molecule has 0 aromatic carbocycles. The number of hydrogen-bond acceptors (Lipinski definition) is 3. The van der Waals surface area contributed by atoms with E-state index in [4.69, 9.17) is 0 Å². The quantitative estimate of drug-likeness (QED) is 0.913. The van der Waals surface area contributed by atoms with Crippen LogP contribution in [0.15, 0.2) is 0 Å². The van der Waals surface area contributed by atoms with Crippen molar-refractivity contribution in [3.8, 4) is 0 Å². The number of fused-ring (bicyclic) bond motifs is 1. The molecule has 1 aromatic heterocycles. The van der Waals surface area contributed by atoms with Crippen molar-refractivity contribution in [2.24, 2.45) is 7.05 Å². The van der Waals surface area contributed by atoms with Crippen molar-refractivity contribution in [1.82, 2.24) is 20.0 Å². The number of nitrogens with zero attached hydrogens (tertiary/aromatic N) is 3. The van der Waals surface area contributed by atoms with Gasteiger partial charge in [-0.05, 0) is 38.6 Å². The Bertz CT molecular complexity index is 630. The van der Waals surface area contributed by atoms with E-state index < -0.39 is 17.6 Å². The molecule has 8 heteroatoms. The fraction of sp³-hybridized carbons (Fsp3) is 0.750. The molecule has 2 heterocycles. The molecule has 0 unspecified atom stereocenters. The SMILES string of the molecule is CCN1CCC(NC(=O)c2c3c(nn2C)CCC3)(C(F)(F)F)CC1. The number of rotatable bonds is 3. The Morgan fingerprint density at radius 2 is 1.96 bits per heavy atom. The van der Waals surface area contributed by atoms with Crippen LogP contribution in [0.4, 0.5) is 13.2 Å². The number of hydrogen-bond donors (Lipinski definition) is 1. The van der Waals surface area contributed by atoms with E-state index in [-0.39, 0.29) is 18.5 Å². The molecule has 1 N–H and O–H groups in total. The number of likely N-dealkylation sites (tertiary alicyclic amines) is 1. The molecule has 1 amide bonds. The van der Waals surface area contributed by atoms with Crippen molar-refractivity contribution < 1.29 is 18.0 Å². The molecule has 5 nitrogen and oxygen atoms in total. The zero-order chi connectivity index (χ0) is 17.5. The number of aromatic nitrogens is 2. The molecule has 1 aliphatic carbocycles. The second-order valence-electron chi connectivity index (χ2n) is 6.72. The van der Waals surface area contributed by atoms with Gasteiger partial charge in [-0.15, -0.1) is 0 Å². The van der Waals surface area contributed by atoms with Gasteiger partial charge < -0.3 is 10.2 Å². The molecule has 1 aromatic rings. The Hall–Kier alpha value is -1.57. The molecular formula is C16H23F3N4O. The highest BCUT2D eigenvalue weighted by Gasteiger charge is 2.56. The van der Waals surface area contributed by atoms with Gasteiger partial charge in [-0.25, -0.2) is 0 Å². The highest BCUT2D eigenvalue weighted by Crippen LogP contribution is 2.39. The van der Waals surface area contributed by atoms with Gasteiger partial charge in [0, 0.05) is 25.7 Å². The molecule has 0 saturated carbocycles. The minimum atomic E-state index is -4.47. The van der Waals surface area contributed by atoms with Crippen LogP contribution in [0.2, 0.25) is 0 Å². The Labute approximate surface area is 139 Å². The third-order valence-electron chi connectivity index (χ3n) is 5.34. The van der Waals surface area contributed by atoms with Gasteiger partial charge in [0.1, 0.15) is 11.2 Å². The van der Waals surface area contributed by atoms with Crippen molar-refractivity contribution in [2.75, 3.05) is 19.6 Å². The predicted molar refractivity (Wildman–Crippen MR) is 82.8 cm³/mol. The van der Waals surface area contributed by atoms with Crippen LogP contribution in [-0.4, -0.2) is 51.9 Å². The maximum Gasteiger partial charge on any atom is 0.411 e. The van der Waals surface area contributed by atoms with Gasteiger partial charge in [0.25, 0.3) is 5.91 Å². The lowest BCUT2D eigenvalue weighted by molar-refractivity contribution is -0.205. The van der Waals surface area contributed by atoms with E-state index in [0.29, 0.717) is 19.5 Å². The number of piperidine rings is 1. The van der Waals surface area contributed by atoms with Crippen LogP contribution in [0.5, 0.6) is 0 Å². The minimum absolute atomic E-state index is 0.115. The van der Waals surface area contributed by atoms with E-state index >= 15 is 0 Å².